The Labute approximate surface area is 120 Å². The average molecular weight is 269 g/mol. The molecule has 19 heavy (non-hydrogen) atoms. The van der Waals surface area contributed by atoms with Crippen LogP contribution in [-0.4, -0.2) is 25.8 Å². The van der Waals surface area contributed by atoms with E-state index in [4.69, 9.17) is 4.74 Å². The van der Waals surface area contributed by atoms with Crippen LogP contribution in [0.2, 0.25) is 0 Å². The fraction of sp³-hybridized carbons (Fsp3) is 1.00. The van der Waals surface area contributed by atoms with Crippen molar-refractivity contribution in [3.8, 4) is 0 Å². The van der Waals surface area contributed by atoms with Crippen molar-refractivity contribution in [3.63, 3.8) is 0 Å². The Hall–Kier alpha value is -0.0800. The molecule has 1 N–H and O–H groups in total. The summed E-state index contributed by atoms with van der Waals surface area (Å²) in [4.78, 5) is 0. The molecule has 114 valence electrons. The van der Waals surface area contributed by atoms with Crippen molar-refractivity contribution in [3.05, 3.63) is 0 Å². The SMILES string of the molecule is CCCNC(CCC(C)OC)C1CC(C)CC(C)C1. The van der Waals surface area contributed by atoms with Crippen LogP contribution in [0.4, 0.5) is 0 Å². The summed E-state index contributed by atoms with van der Waals surface area (Å²) in [5, 5.41) is 3.80. The summed E-state index contributed by atoms with van der Waals surface area (Å²) >= 11 is 0. The summed E-state index contributed by atoms with van der Waals surface area (Å²) in [6.45, 7) is 10.5. The lowest BCUT2D eigenvalue weighted by molar-refractivity contribution is 0.0968. The van der Waals surface area contributed by atoms with Crippen molar-refractivity contribution in [2.24, 2.45) is 17.8 Å². The fourth-order valence-corrected chi connectivity index (χ4v) is 3.70. The van der Waals surface area contributed by atoms with Crippen molar-refractivity contribution in [1.29, 1.82) is 0 Å². The van der Waals surface area contributed by atoms with E-state index in [0.29, 0.717) is 12.1 Å². The molecule has 4 unspecified atom stereocenters. The molecule has 0 aromatic rings. The molecule has 1 aliphatic carbocycles. The van der Waals surface area contributed by atoms with E-state index in [9.17, 15) is 0 Å². The van der Waals surface area contributed by atoms with E-state index >= 15 is 0 Å². The molecule has 0 spiro atoms. The quantitative estimate of drug-likeness (QED) is 0.711. The van der Waals surface area contributed by atoms with Crippen LogP contribution in [0.15, 0.2) is 0 Å². The largest absolute Gasteiger partial charge is 0.382 e. The maximum atomic E-state index is 5.41. The van der Waals surface area contributed by atoms with Crippen LogP contribution < -0.4 is 5.32 Å². The summed E-state index contributed by atoms with van der Waals surface area (Å²) in [6.07, 6.45) is 8.31. The van der Waals surface area contributed by atoms with E-state index in [0.717, 1.165) is 24.3 Å². The second-order valence-corrected chi connectivity index (χ2v) is 6.86. The Kier molecular flexibility index (Phi) is 8.01. The van der Waals surface area contributed by atoms with E-state index in [-0.39, 0.29) is 0 Å². The Bertz CT molecular complexity index is 221. The molecule has 0 bridgehead atoms. The van der Waals surface area contributed by atoms with Crippen LogP contribution in [0.1, 0.15) is 66.2 Å². The second-order valence-electron chi connectivity index (χ2n) is 6.86. The Morgan fingerprint density at radius 1 is 1.11 bits per heavy atom. The first-order valence-corrected chi connectivity index (χ1v) is 8.32. The summed E-state index contributed by atoms with van der Waals surface area (Å²) in [7, 11) is 1.82. The smallest absolute Gasteiger partial charge is 0.0543 e. The third-order valence-corrected chi connectivity index (χ3v) is 4.73. The lowest BCUT2D eigenvalue weighted by atomic mass is 9.73. The molecule has 1 saturated carbocycles. The molecule has 2 nitrogen and oxygen atoms in total. The third-order valence-electron chi connectivity index (χ3n) is 4.73. The van der Waals surface area contributed by atoms with Crippen LogP contribution in [0, 0.1) is 17.8 Å². The van der Waals surface area contributed by atoms with Crippen LogP contribution >= 0.6 is 0 Å². The van der Waals surface area contributed by atoms with E-state index in [1.165, 1.54) is 38.5 Å². The number of nitrogens with one attached hydrogen (secondary N) is 1. The highest BCUT2D eigenvalue weighted by molar-refractivity contribution is 4.84. The molecule has 1 rings (SSSR count). The predicted octanol–water partition coefficient (Wildman–Crippen LogP) is 4.24. The molecule has 0 radical (unpaired) electrons. The van der Waals surface area contributed by atoms with Gasteiger partial charge < -0.3 is 10.1 Å². The van der Waals surface area contributed by atoms with Crippen LogP contribution in [-0.2, 0) is 4.74 Å². The Morgan fingerprint density at radius 3 is 2.26 bits per heavy atom. The molecule has 2 heteroatoms. The molecule has 0 aromatic heterocycles. The average Bonchev–Trinajstić information content (AvgIpc) is 2.37. The van der Waals surface area contributed by atoms with Gasteiger partial charge in [0, 0.05) is 13.2 Å². The molecule has 0 saturated heterocycles. The molecule has 0 heterocycles. The van der Waals surface area contributed by atoms with Crippen molar-refractivity contribution >= 4 is 0 Å². The monoisotopic (exact) mass is 269 g/mol. The minimum Gasteiger partial charge on any atom is -0.382 e. The first kappa shape index (κ1) is 17.0. The highest BCUT2D eigenvalue weighted by atomic mass is 16.5. The normalized spacial score (nSPS) is 31.1. The zero-order valence-electron chi connectivity index (χ0n) is 13.7. The molecule has 0 aromatic carbocycles. The minimum atomic E-state index is 0.393. The molecule has 0 aliphatic heterocycles. The van der Waals surface area contributed by atoms with Crippen molar-refractivity contribution in [2.45, 2.75) is 78.4 Å². The van der Waals surface area contributed by atoms with Gasteiger partial charge in [-0.2, -0.15) is 0 Å². The number of methoxy groups -OCH3 is 1. The van der Waals surface area contributed by atoms with Gasteiger partial charge in [-0.15, -0.1) is 0 Å². The molecular formula is C17H35NO. The van der Waals surface area contributed by atoms with Crippen molar-refractivity contribution in [1.82, 2.24) is 5.32 Å². The van der Waals surface area contributed by atoms with Gasteiger partial charge in [-0.25, -0.2) is 0 Å². The lowest BCUT2D eigenvalue weighted by Gasteiger charge is -2.37. The van der Waals surface area contributed by atoms with E-state index in [1.807, 2.05) is 7.11 Å². The van der Waals surface area contributed by atoms with Gasteiger partial charge in [0.25, 0.3) is 0 Å². The van der Waals surface area contributed by atoms with Gasteiger partial charge in [0.2, 0.25) is 0 Å². The van der Waals surface area contributed by atoms with E-state index in [1.54, 1.807) is 0 Å². The zero-order valence-corrected chi connectivity index (χ0v) is 13.7. The maximum absolute atomic E-state index is 5.41. The highest BCUT2D eigenvalue weighted by Crippen LogP contribution is 2.35. The van der Waals surface area contributed by atoms with Crippen molar-refractivity contribution < 1.29 is 4.74 Å². The number of ether oxygens (including phenoxy) is 1. The van der Waals surface area contributed by atoms with Crippen LogP contribution in [0.25, 0.3) is 0 Å². The van der Waals surface area contributed by atoms with E-state index < -0.39 is 0 Å². The fourth-order valence-electron chi connectivity index (χ4n) is 3.70. The van der Waals surface area contributed by atoms with Gasteiger partial charge >= 0.3 is 0 Å². The van der Waals surface area contributed by atoms with Gasteiger partial charge in [-0.3, -0.25) is 0 Å². The summed E-state index contributed by atoms with van der Waals surface area (Å²) in [6, 6.07) is 0.697. The molecule has 1 fully saturated rings. The van der Waals surface area contributed by atoms with Gasteiger partial charge in [0.05, 0.1) is 6.10 Å². The van der Waals surface area contributed by atoms with Crippen LogP contribution in [0.5, 0.6) is 0 Å². The molecule has 4 atom stereocenters. The first-order chi connectivity index (χ1) is 9.06. The lowest BCUT2D eigenvalue weighted by Crippen LogP contribution is -2.40. The molecule has 0 amide bonds. The minimum absolute atomic E-state index is 0.393. The van der Waals surface area contributed by atoms with Crippen molar-refractivity contribution in [2.75, 3.05) is 13.7 Å². The molecule has 1 aliphatic rings. The van der Waals surface area contributed by atoms with Gasteiger partial charge in [-0.1, -0.05) is 20.8 Å². The number of hydrogen-bond acceptors (Lipinski definition) is 2. The van der Waals surface area contributed by atoms with Gasteiger partial charge in [-0.05, 0) is 69.7 Å². The van der Waals surface area contributed by atoms with Crippen LogP contribution in [0.3, 0.4) is 0 Å². The second kappa shape index (κ2) is 8.97. The number of hydrogen-bond donors (Lipinski definition) is 1. The van der Waals surface area contributed by atoms with E-state index in [2.05, 4.69) is 33.0 Å². The standard InChI is InChI=1S/C17H35NO/c1-6-9-18-17(8-7-15(4)19-5)16-11-13(2)10-14(3)12-16/h13-18H,6-12H2,1-5H3. The highest BCUT2D eigenvalue weighted by Gasteiger charge is 2.29. The topological polar surface area (TPSA) is 21.3 Å². The summed E-state index contributed by atoms with van der Waals surface area (Å²) < 4.78 is 5.41. The first-order valence-electron chi connectivity index (χ1n) is 8.32. The Balaban J connectivity index is 2.51. The number of rotatable bonds is 8. The maximum Gasteiger partial charge on any atom is 0.0543 e. The Morgan fingerprint density at radius 2 is 1.74 bits per heavy atom. The van der Waals surface area contributed by atoms with Gasteiger partial charge in [0.15, 0.2) is 0 Å². The predicted molar refractivity (Wildman–Crippen MR) is 83.5 cm³/mol. The third kappa shape index (κ3) is 6.27. The van der Waals surface area contributed by atoms with Gasteiger partial charge in [0.1, 0.15) is 0 Å². The summed E-state index contributed by atoms with van der Waals surface area (Å²) in [5.41, 5.74) is 0. The summed E-state index contributed by atoms with van der Waals surface area (Å²) in [5.74, 6) is 2.67. The molecular weight excluding hydrogens is 234 g/mol. The zero-order chi connectivity index (χ0) is 14.3.